The average molecular weight is 659 g/mol. The average Bonchev–Trinajstić information content (AvgIpc) is 3.17. The number of hydrogen-bond acceptors (Lipinski definition) is 4. The molecule has 5 rings (SSSR count). The monoisotopic (exact) mass is 659 g/mol. The van der Waals surface area contributed by atoms with Gasteiger partial charge in [-0.15, -0.1) is 10.2 Å². The fourth-order valence-electron chi connectivity index (χ4n) is 4.32. The highest BCUT2D eigenvalue weighted by molar-refractivity contribution is 14.1. The number of fused-ring (bicyclic) bond motifs is 3. The second-order valence-electron chi connectivity index (χ2n) is 8.32. The first-order valence-electron chi connectivity index (χ1n) is 10.8. The molecule has 1 aliphatic rings. The van der Waals surface area contributed by atoms with E-state index in [0.717, 1.165) is 40.7 Å². The quantitative estimate of drug-likeness (QED) is 0.266. The van der Waals surface area contributed by atoms with Crippen LogP contribution in [0.2, 0.25) is 0 Å². The molecule has 0 fully saturated rings. The Balaban J connectivity index is 1.74. The maximum absolute atomic E-state index is 5.06. The van der Waals surface area contributed by atoms with Crippen molar-refractivity contribution < 1.29 is 0 Å². The molecule has 1 aliphatic heterocycles. The predicted molar refractivity (Wildman–Crippen MR) is 149 cm³/mol. The van der Waals surface area contributed by atoms with E-state index in [0.29, 0.717) is 6.54 Å². The van der Waals surface area contributed by atoms with Crippen LogP contribution in [0.5, 0.6) is 0 Å². The van der Waals surface area contributed by atoms with Gasteiger partial charge in [0.25, 0.3) is 0 Å². The summed E-state index contributed by atoms with van der Waals surface area (Å²) >= 11 is 4.86. The van der Waals surface area contributed by atoms with Crippen molar-refractivity contribution in [1.29, 1.82) is 0 Å². The Kier molecular flexibility index (Phi) is 6.62. The second-order valence-corrected chi connectivity index (χ2v) is 10.6. The molecule has 4 aromatic rings. The van der Waals surface area contributed by atoms with Gasteiger partial charge in [-0.05, 0) is 77.0 Å². The molecule has 0 saturated carbocycles. The molecule has 166 valence electrons. The van der Waals surface area contributed by atoms with Gasteiger partial charge in [0, 0.05) is 24.8 Å². The summed E-state index contributed by atoms with van der Waals surface area (Å²) in [7, 11) is 4.21. The van der Waals surface area contributed by atoms with E-state index in [9.17, 15) is 0 Å². The highest BCUT2D eigenvalue weighted by Crippen LogP contribution is 2.34. The number of rotatable bonds is 5. The van der Waals surface area contributed by atoms with E-state index in [1.807, 2.05) is 6.07 Å². The lowest BCUT2D eigenvalue weighted by atomic mass is 9.96. The van der Waals surface area contributed by atoms with E-state index in [4.69, 9.17) is 10.1 Å². The second kappa shape index (κ2) is 9.63. The summed E-state index contributed by atoms with van der Waals surface area (Å²) in [6.07, 6.45) is 0. The van der Waals surface area contributed by atoms with Crippen molar-refractivity contribution in [2.24, 2.45) is 4.99 Å². The summed E-state index contributed by atoms with van der Waals surface area (Å²) in [5.74, 6) is 1.91. The molecule has 1 unspecified atom stereocenters. The maximum atomic E-state index is 5.06. The topological polar surface area (TPSA) is 46.3 Å². The van der Waals surface area contributed by atoms with Gasteiger partial charge in [-0.1, -0.05) is 60.7 Å². The van der Waals surface area contributed by atoms with E-state index in [1.54, 1.807) is 0 Å². The molecule has 0 N–H and O–H groups in total. The molecule has 0 radical (unpaired) electrons. The normalized spacial score (nSPS) is 13.8. The van der Waals surface area contributed by atoms with Gasteiger partial charge in [0.15, 0.2) is 5.82 Å². The van der Waals surface area contributed by atoms with Crippen LogP contribution in [0.4, 0.5) is 0 Å². The van der Waals surface area contributed by atoms with Gasteiger partial charge >= 0.3 is 0 Å². The first-order valence-corrected chi connectivity index (χ1v) is 12.9. The number of benzene rings is 3. The van der Waals surface area contributed by atoms with Gasteiger partial charge in [0.05, 0.1) is 17.3 Å². The minimum atomic E-state index is 0.0884. The van der Waals surface area contributed by atoms with Crippen molar-refractivity contribution >= 4 is 50.9 Å². The Hall–Kier alpha value is -2.11. The predicted octanol–water partition coefficient (Wildman–Crippen LogP) is 5.52. The number of aromatic nitrogens is 3. The summed E-state index contributed by atoms with van der Waals surface area (Å²) in [6, 6.07) is 25.4. The van der Waals surface area contributed by atoms with Gasteiger partial charge in [-0.25, -0.2) is 0 Å². The zero-order valence-corrected chi connectivity index (χ0v) is 22.7. The summed E-state index contributed by atoms with van der Waals surface area (Å²) in [6.45, 7) is 1.33. The summed E-state index contributed by atoms with van der Waals surface area (Å²) in [5, 5.41) is 9.36. The maximum Gasteiger partial charge on any atom is 0.159 e. The Bertz CT molecular complexity index is 1310. The molecule has 0 aliphatic carbocycles. The zero-order chi connectivity index (χ0) is 22.9. The largest absolute Gasteiger partial charge is 0.308 e. The fourth-order valence-corrected chi connectivity index (χ4v) is 5.48. The van der Waals surface area contributed by atoms with Gasteiger partial charge < -0.3 is 4.90 Å². The lowest BCUT2D eigenvalue weighted by Gasteiger charge is -2.23. The molecule has 1 atom stereocenters. The van der Waals surface area contributed by atoms with Crippen molar-refractivity contribution in [2.45, 2.75) is 12.5 Å². The number of nitrogens with zero attached hydrogens (tertiary/aromatic N) is 5. The highest BCUT2D eigenvalue weighted by atomic mass is 127. The standard InChI is InChI=1S/C26H23I2N5/c1-32(2)16-19(17-9-5-3-6-10-17)26-31-30-22-15-29-25(18-11-7-4-8-12-18)23-21(33(22)26)14-13-20(27)24(23)28/h3-14,19H,15-16H2,1-2H3. The molecule has 0 amide bonds. The number of halogens is 2. The van der Waals surface area contributed by atoms with Crippen LogP contribution in [0, 0.1) is 7.14 Å². The minimum absolute atomic E-state index is 0.0884. The Morgan fingerprint density at radius 2 is 1.61 bits per heavy atom. The molecular formula is C26H23I2N5. The van der Waals surface area contributed by atoms with Gasteiger partial charge in [-0.2, -0.15) is 0 Å². The first-order chi connectivity index (χ1) is 16.0. The highest BCUT2D eigenvalue weighted by Gasteiger charge is 2.29. The molecule has 7 heteroatoms. The van der Waals surface area contributed by atoms with Crippen LogP contribution in [0.3, 0.4) is 0 Å². The lowest BCUT2D eigenvalue weighted by molar-refractivity contribution is 0.384. The van der Waals surface area contributed by atoms with Gasteiger partial charge in [0.1, 0.15) is 12.4 Å². The smallest absolute Gasteiger partial charge is 0.159 e. The van der Waals surface area contributed by atoms with Crippen molar-refractivity contribution in [2.75, 3.05) is 20.6 Å². The molecular weight excluding hydrogens is 636 g/mol. The van der Waals surface area contributed by atoms with Crippen LogP contribution in [0.25, 0.3) is 5.69 Å². The summed E-state index contributed by atoms with van der Waals surface area (Å²) in [5.41, 5.74) is 5.59. The van der Waals surface area contributed by atoms with Crippen LogP contribution in [-0.4, -0.2) is 46.0 Å². The molecule has 0 saturated heterocycles. The van der Waals surface area contributed by atoms with Crippen molar-refractivity contribution in [3.8, 4) is 5.69 Å². The third-order valence-electron chi connectivity index (χ3n) is 5.79. The molecule has 33 heavy (non-hydrogen) atoms. The Morgan fingerprint density at radius 1 is 0.909 bits per heavy atom. The van der Waals surface area contributed by atoms with Crippen LogP contribution >= 0.6 is 45.2 Å². The van der Waals surface area contributed by atoms with Crippen LogP contribution in [0.15, 0.2) is 77.8 Å². The van der Waals surface area contributed by atoms with Gasteiger partial charge in [-0.3, -0.25) is 9.56 Å². The van der Waals surface area contributed by atoms with Crippen LogP contribution < -0.4 is 0 Å². The molecule has 3 aromatic carbocycles. The number of aliphatic imine (C=N–C) groups is 1. The Labute approximate surface area is 221 Å². The number of hydrogen-bond donors (Lipinski definition) is 0. The van der Waals surface area contributed by atoms with E-state index in [-0.39, 0.29) is 5.92 Å². The van der Waals surface area contributed by atoms with Crippen LogP contribution in [-0.2, 0) is 6.54 Å². The summed E-state index contributed by atoms with van der Waals surface area (Å²) in [4.78, 5) is 7.27. The third kappa shape index (κ3) is 4.38. The van der Waals surface area contributed by atoms with Gasteiger partial charge in [0.2, 0.25) is 0 Å². The molecule has 5 nitrogen and oxygen atoms in total. The van der Waals surface area contributed by atoms with E-state index < -0.39 is 0 Å². The lowest BCUT2D eigenvalue weighted by Crippen LogP contribution is -2.24. The molecule has 2 heterocycles. The number of likely N-dealkylation sites (N-methyl/N-ethyl adjacent to an activating group) is 1. The molecule has 0 spiro atoms. The first kappa shape index (κ1) is 22.7. The summed E-state index contributed by atoms with van der Waals surface area (Å²) < 4.78 is 4.65. The Morgan fingerprint density at radius 3 is 2.30 bits per heavy atom. The fraction of sp³-hybridized carbons (Fsp3) is 0.192. The van der Waals surface area contributed by atoms with E-state index >= 15 is 0 Å². The SMILES string of the molecule is CN(C)CC(c1ccccc1)c1nnc2n1-c1ccc(I)c(I)c1C(c1ccccc1)=NC2. The minimum Gasteiger partial charge on any atom is -0.308 e. The third-order valence-corrected chi connectivity index (χ3v) is 8.84. The van der Waals surface area contributed by atoms with Crippen LogP contribution in [0.1, 0.15) is 34.3 Å². The van der Waals surface area contributed by atoms with E-state index in [2.05, 4.69) is 141 Å². The van der Waals surface area contributed by atoms with Crippen molar-refractivity contribution in [3.63, 3.8) is 0 Å². The zero-order valence-electron chi connectivity index (χ0n) is 18.4. The van der Waals surface area contributed by atoms with E-state index in [1.165, 1.54) is 12.7 Å². The molecule has 1 aromatic heterocycles. The van der Waals surface area contributed by atoms with Crippen molar-refractivity contribution in [1.82, 2.24) is 19.7 Å². The van der Waals surface area contributed by atoms with Crippen molar-refractivity contribution in [3.05, 3.63) is 108 Å². The molecule has 0 bridgehead atoms.